The van der Waals surface area contributed by atoms with Gasteiger partial charge in [-0.2, -0.15) is 0 Å². The normalized spacial score (nSPS) is 17.1. The molecule has 0 spiro atoms. The minimum atomic E-state index is 0. The summed E-state index contributed by atoms with van der Waals surface area (Å²) in [4.78, 5) is 13.7. The maximum Gasteiger partial charge on any atom is 0.191 e. The number of hydrogen-bond donors (Lipinski definition) is 2. The van der Waals surface area contributed by atoms with Crippen LogP contribution >= 0.6 is 46.9 Å². The zero-order valence-electron chi connectivity index (χ0n) is 15.0. The number of aryl methyl sites for hydroxylation is 1. The Bertz CT molecular complexity index is 736. The number of nitrogens with zero attached hydrogens (tertiary/aromatic N) is 3. The number of pyridine rings is 1. The van der Waals surface area contributed by atoms with E-state index in [1.165, 1.54) is 9.75 Å². The van der Waals surface area contributed by atoms with Crippen molar-refractivity contribution in [1.29, 1.82) is 0 Å². The number of halogens is 2. The number of guanidine groups is 1. The highest BCUT2D eigenvalue weighted by Crippen LogP contribution is 2.25. The van der Waals surface area contributed by atoms with E-state index in [0.717, 1.165) is 44.3 Å². The van der Waals surface area contributed by atoms with Crippen LogP contribution in [0.25, 0.3) is 0 Å². The molecule has 3 heterocycles. The summed E-state index contributed by atoms with van der Waals surface area (Å²) < 4.78 is 0. The molecule has 142 valence electrons. The van der Waals surface area contributed by atoms with E-state index in [1.54, 1.807) is 6.20 Å². The molecule has 1 saturated heterocycles. The quantitative estimate of drug-likeness (QED) is 0.367. The summed E-state index contributed by atoms with van der Waals surface area (Å²) >= 11 is 8.11. The predicted molar refractivity (Wildman–Crippen MR) is 122 cm³/mol. The van der Waals surface area contributed by atoms with Gasteiger partial charge in [0.2, 0.25) is 0 Å². The zero-order valence-corrected chi connectivity index (χ0v) is 18.9. The Labute approximate surface area is 181 Å². The third kappa shape index (κ3) is 5.47. The number of rotatable bonds is 5. The number of hydrogen-bond acceptors (Lipinski definition) is 4. The molecule has 1 fully saturated rings. The van der Waals surface area contributed by atoms with Crippen molar-refractivity contribution in [1.82, 2.24) is 15.6 Å². The fourth-order valence-electron chi connectivity index (χ4n) is 2.95. The van der Waals surface area contributed by atoms with Crippen LogP contribution in [0.15, 0.2) is 35.5 Å². The van der Waals surface area contributed by atoms with E-state index in [1.807, 2.05) is 30.5 Å². The highest BCUT2D eigenvalue weighted by Gasteiger charge is 2.25. The monoisotopic (exact) mass is 505 g/mol. The molecule has 2 aromatic heterocycles. The minimum Gasteiger partial charge on any atom is -0.353 e. The van der Waals surface area contributed by atoms with Crippen molar-refractivity contribution in [2.75, 3.05) is 25.0 Å². The maximum absolute atomic E-state index is 6.26. The van der Waals surface area contributed by atoms with Crippen LogP contribution in [0.4, 0.5) is 5.82 Å². The second-order valence-electron chi connectivity index (χ2n) is 6.03. The van der Waals surface area contributed by atoms with Gasteiger partial charge in [-0.1, -0.05) is 18.5 Å². The summed E-state index contributed by atoms with van der Waals surface area (Å²) in [6.45, 7) is 4.79. The summed E-state index contributed by atoms with van der Waals surface area (Å²) in [5.74, 6) is 1.70. The van der Waals surface area contributed by atoms with Crippen LogP contribution in [0.3, 0.4) is 0 Å². The van der Waals surface area contributed by atoms with Gasteiger partial charge in [-0.05, 0) is 37.1 Å². The van der Waals surface area contributed by atoms with E-state index in [0.29, 0.717) is 11.1 Å². The first-order chi connectivity index (χ1) is 12.2. The topological polar surface area (TPSA) is 52.6 Å². The number of nitrogens with one attached hydrogen (secondary N) is 2. The SMILES string of the molecule is CCc1ccc(CNC(=NC)NC2CCN(c3ncccc3Cl)C2)s1.I. The highest BCUT2D eigenvalue weighted by molar-refractivity contribution is 14.0. The largest absolute Gasteiger partial charge is 0.353 e. The lowest BCUT2D eigenvalue weighted by Gasteiger charge is -2.20. The van der Waals surface area contributed by atoms with Gasteiger partial charge in [0, 0.05) is 42.1 Å². The second kappa shape index (κ2) is 10.3. The van der Waals surface area contributed by atoms with Crippen molar-refractivity contribution in [3.63, 3.8) is 0 Å². The molecule has 1 atom stereocenters. The number of aromatic nitrogens is 1. The zero-order chi connectivity index (χ0) is 17.6. The summed E-state index contributed by atoms with van der Waals surface area (Å²) in [7, 11) is 1.81. The molecule has 26 heavy (non-hydrogen) atoms. The molecule has 8 heteroatoms. The molecule has 0 bridgehead atoms. The summed E-state index contributed by atoms with van der Waals surface area (Å²) in [6, 6.07) is 8.46. The van der Waals surface area contributed by atoms with E-state index >= 15 is 0 Å². The van der Waals surface area contributed by atoms with Crippen LogP contribution in [0.5, 0.6) is 0 Å². The average molecular weight is 506 g/mol. The van der Waals surface area contributed by atoms with Gasteiger partial charge in [0.25, 0.3) is 0 Å². The third-order valence-corrected chi connectivity index (χ3v) is 5.81. The molecule has 1 unspecified atom stereocenters. The van der Waals surface area contributed by atoms with Gasteiger partial charge in [-0.15, -0.1) is 35.3 Å². The lowest BCUT2D eigenvalue weighted by atomic mass is 10.3. The fraction of sp³-hybridized carbons (Fsp3) is 0.444. The van der Waals surface area contributed by atoms with Gasteiger partial charge in [0.05, 0.1) is 11.6 Å². The molecule has 0 radical (unpaired) electrons. The van der Waals surface area contributed by atoms with Gasteiger partial charge in [0.1, 0.15) is 5.82 Å². The van der Waals surface area contributed by atoms with Crippen LogP contribution in [0, 0.1) is 0 Å². The van der Waals surface area contributed by atoms with E-state index in [9.17, 15) is 0 Å². The lowest BCUT2D eigenvalue weighted by Crippen LogP contribution is -2.44. The fourth-order valence-corrected chi connectivity index (χ4v) is 4.09. The first kappa shape index (κ1) is 21.2. The second-order valence-corrected chi connectivity index (χ2v) is 7.69. The van der Waals surface area contributed by atoms with Crippen LogP contribution < -0.4 is 15.5 Å². The first-order valence-corrected chi connectivity index (χ1v) is 9.79. The summed E-state index contributed by atoms with van der Waals surface area (Å²) in [5, 5.41) is 7.62. The highest BCUT2D eigenvalue weighted by atomic mass is 127. The van der Waals surface area contributed by atoms with Crippen molar-refractivity contribution in [3.8, 4) is 0 Å². The number of anilines is 1. The van der Waals surface area contributed by atoms with Crippen LogP contribution in [-0.2, 0) is 13.0 Å². The predicted octanol–water partition coefficient (Wildman–Crippen LogP) is 3.92. The van der Waals surface area contributed by atoms with Gasteiger partial charge >= 0.3 is 0 Å². The molecule has 2 aromatic rings. The molecule has 2 N–H and O–H groups in total. The molecule has 1 aliphatic rings. The Balaban J connectivity index is 0.00000243. The Morgan fingerprint density at radius 1 is 1.38 bits per heavy atom. The van der Waals surface area contributed by atoms with Crippen molar-refractivity contribution in [2.24, 2.45) is 4.99 Å². The van der Waals surface area contributed by atoms with Gasteiger partial charge in [-0.25, -0.2) is 4.98 Å². The Kier molecular flexibility index (Phi) is 8.43. The molecular weight excluding hydrogens is 481 g/mol. The Morgan fingerprint density at radius 3 is 2.88 bits per heavy atom. The molecule has 0 aromatic carbocycles. The average Bonchev–Trinajstić information content (AvgIpc) is 3.28. The van der Waals surface area contributed by atoms with Crippen molar-refractivity contribution in [3.05, 3.63) is 45.2 Å². The smallest absolute Gasteiger partial charge is 0.191 e. The van der Waals surface area contributed by atoms with E-state index in [4.69, 9.17) is 11.6 Å². The molecule has 0 aliphatic carbocycles. The molecule has 0 amide bonds. The third-order valence-electron chi connectivity index (χ3n) is 4.29. The van der Waals surface area contributed by atoms with Gasteiger partial charge < -0.3 is 15.5 Å². The van der Waals surface area contributed by atoms with Crippen molar-refractivity contribution < 1.29 is 0 Å². The lowest BCUT2D eigenvalue weighted by molar-refractivity contribution is 0.649. The number of aliphatic imine (C=N–C) groups is 1. The van der Waals surface area contributed by atoms with Gasteiger partial charge in [-0.3, -0.25) is 4.99 Å². The summed E-state index contributed by atoms with van der Waals surface area (Å²) in [6.07, 6.45) is 3.91. The van der Waals surface area contributed by atoms with E-state index in [-0.39, 0.29) is 24.0 Å². The molecule has 1 aliphatic heterocycles. The molecular formula is C18H25ClIN5S. The van der Waals surface area contributed by atoms with Crippen LogP contribution in [0.1, 0.15) is 23.1 Å². The minimum absolute atomic E-state index is 0. The molecule has 0 saturated carbocycles. The van der Waals surface area contributed by atoms with E-state index < -0.39 is 0 Å². The number of thiophene rings is 1. The maximum atomic E-state index is 6.26. The van der Waals surface area contributed by atoms with Crippen LogP contribution in [0.2, 0.25) is 5.02 Å². The Morgan fingerprint density at radius 2 is 2.19 bits per heavy atom. The summed E-state index contributed by atoms with van der Waals surface area (Å²) in [5.41, 5.74) is 0. The van der Waals surface area contributed by atoms with Gasteiger partial charge in [0.15, 0.2) is 5.96 Å². The van der Waals surface area contributed by atoms with Crippen molar-refractivity contribution in [2.45, 2.75) is 32.4 Å². The Hall–Kier alpha value is -1.06. The first-order valence-electron chi connectivity index (χ1n) is 8.59. The standard InChI is InChI=1S/C18H24ClN5S.HI/c1-3-14-6-7-15(25-14)11-22-18(20-2)23-13-8-10-24(12-13)17-16(19)5-4-9-21-17;/h4-7,9,13H,3,8,10-12H2,1-2H3,(H2,20,22,23);1H. The van der Waals surface area contributed by atoms with Crippen molar-refractivity contribution >= 4 is 58.7 Å². The van der Waals surface area contributed by atoms with E-state index in [2.05, 4.69) is 44.6 Å². The van der Waals surface area contributed by atoms with Crippen LogP contribution in [-0.4, -0.2) is 37.1 Å². The molecule has 5 nitrogen and oxygen atoms in total. The molecule has 3 rings (SSSR count).